The Kier molecular flexibility index (Phi) is 4.43. The van der Waals surface area contributed by atoms with Gasteiger partial charge in [0.15, 0.2) is 0 Å². The molecular weight excluding hydrogens is 502 g/mol. The van der Waals surface area contributed by atoms with Gasteiger partial charge in [-0.1, -0.05) is 178 Å². The molecule has 2 heterocycles. The zero-order chi connectivity index (χ0) is 27.4. The molecule has 0 amide bonds. The molecule has 0 aromatic heterocycles. The molecule has 10 rings (SSSR count). The summed E-state index contributed by atoms with van der Waals surface area (Å²) >= 11 is 0. The van der Waals surface area contributed by atoms with Crippen molar-refractivity contribution in [1.29, 1.82) is 0 Å². The molecule has 0 spiro atoms. The van der Waals surface area contributed by atoms with E-state index in [1.54, 1.807) is 0 Å². The SMILES string of the molecule is c1ccc(B2c3ccccc3-c3c2cc2ccc4c5c(cc6ccc3c2c64)B(c2ccccc2)c2ccccc2-5)cc1. The van der Waals surface area contributed by atoms with Gasteiger partial charge >= 0.3 is 0 Å². The Bertz CT molecular complexity index is 2190. The first kappa shape index (κ1) is 22.6. The van der Waals surface area contributed by atoms with E-state index in [0.717, 1.165) is 0 Å². The van der Waals surface area contributed by atoms with E-state index in [-0.39, 0.29) is 13.4 Å². The minimum absolute atomic E-state index is 0.252. The van der Waals surface area contributed by atoms with Crippen LogP contribution in [0.1, 0.15) is 0 Å². The van der Waals surface area contributed by atoms with Crippen LogP contribution in [-0.2, 0) is 0 Å². The van der Waals surface area contributed by atoms with Crippen LogP contribution >= 0.6 is 0 Å². The molecule has 0 saturated heterocycles. The summed E-state index contributed by atoms with van der Waals surface area (Å²) in [4.78, 5) is 0. The van der Waals surface area contributed by atoms with Crippen LogP contribution in [0.2, 0.25) is 0 Å². The van der Waals surface area contributed by atoms with Crippen LogP contribution in [0.25, 0.3) is 54.6 Å². The standard InChI is InChI=1S/C40H24B2/c1-3-11-27(12-4-1)41-33-17-9-7-15-29(33)39-31-21-20-26-24-36-40(32-22-19-25(23-35(39)41)37(31)38(26)32)30-16-8-10-18-34(30)42(36)28-13-5-2-6-14-28/h1-24H. The molecule has 8 aromatic rings. The summed E-state index contributed by atoms with van der Waals surface area (Å²) in [6.45, 7) is 0.504. The summed E-state index contributed by atoms with van der Waals surface area (Å²) in [5, 5.41) is 8.21. The van der Waals surface area contributed by atoms with Gasteiger partial charge in [0.2, 0.25) is 13.4 Å². The van der Waals surface area contributed by atoms with Crippen LogP contribution in [-0.4, -0.2) is 13.4 Å². The molecule has 0 fully saturated rings. The molecule has 2 aliphatic heterocycles. The zero-order valence-electron chi connectivity index (χ0n) is 23.0. The second-order valence-corrected chi connectivity index (χ2v) is 12.0. The molecule has 0 nitrogen and oxygen atoms in total. The topological polar surface area (TPSA) is 0 Å². The van der Waals surface area contributed by atoms with Crippen molar-refractivity contribution < 1.29 is 0 Å². The van der Waals surface area contributed by atoms with Crippen molar-refractivity contribution in [3.8, 4) is 22.3 Å². The van der Waals surface area contributed by atoms with Crippen molar-refractivity contribution in [2.45, 2.75) is 0 Å². The Balaban J connectivity index is 1.32. The van der Waals surface area contributed by atoms with Gasteiger partial charge in [-0.05, 0) is 54.6 Å². The highest BCUT2D eigenvalue weighted by Gasteiger charge is 2.37. The smallest absolute Gasteiger partial charge is 0.0686 e. The lowest BCUT2D eigenvalue weighted by Gasteiger charge is -2.19. The molecule has 0 aliphatic carbocycles. The minimum Gasteiger partial charge on any atom is -0.0686 e. The lowest BCUT2D eigenvalue weighted by atomic mass is 9.38. The van der Waals surface area contributed by atoms with Gasteiger partial charge in [0.05, 0.1) is 0 Å². The highest BCUT2D eigenvalue weighted by atomic mass is 14.3. The normalized spacial score (nSPS) is 13.1. The van der Waals surface area contributed by atoms with Gasteiger partial charge in [0.1, 0.15) is 0 Å². The predicted octanol–water partition coefficient (Wildman–Crippen LogP) is 5.58. The van der Waals surface area contributed by atoms with Gasteiger partial charge in [-0.3, -0.25) is 0 Å². The first-order valence-corrected chi connectivity index (χ1v) is 14.9. The van der Waals surface area contributed by atoms with Crippen LogP contribution in [0, 0.1) is 0 Å². The van der Waals surface area contributed by atoms with Crippen LogP contribution in [0.3, 0.4) is 0 Å². The first-order valence-electron chi connectivity index (χ1n) is 14.9. The number of hydrogen-bond donors (Lipinski definition) is 0. The Hall–Kier alpha value is -5.07. The lowest BCUT2D eigenvalue weighted by Crippen LogP contribution is -2.48. The highest BCUT2D eigenvalue weighted by molar-refractivity contribution is 7.00. The molecule has 0 bridgehead atoms. The van der Waals surface area contributed by atoms with Crippen LogP contribution in [0.5, 0.6) is 0 Å². The molecule has 0 N–H and O–H groups in total. The molecule has 0 atom stereocenters. The van der Waals surface area contributed by atoms with E-state index in [9.17, 15) is 0 Å². The Morgan fingerprint density at radius 1 is 0.333 bits per heavy atom. The van der Waals surface area contributed by atoms with Gasteiger partial charge in [-0.25, -0.2) is 0 Å². The van der Waals surface area contributed by atoms with E-state index in [2.05, 4.69) is 146 Å². The van der Waals surface area contributed by atoms with Crippen molar-refractivity contribution >= 4 is 78.5 Å². The third kappa shape index (κ3) is 2.84. The summed E-state index contributed by atoms with van der Waals surface area (Å²) in [5.41, 5.74) is 14.0. The van der Waals surface area contributed by atoms with Gasteiger partial charge in [0, 0.05) is 0 Å². The molecule has 2 heteroatoms. The Labute approximate surface area is 245 Å². The second-order valence-electron chi connectivity index (χ2n) is 12.0. The Morgan fingerprint density at radius 2 is 0.738 bits per heavy atom. The van der Waals surface area contributed by atoms with Crippen LogP contribution < -0.4 is 32.8 Å². The monoisotopic (exact) mass is 526 g/mol. The summed E-state index contributed by atoms with van der Waals surface area (Å²) in [7, 11) is 0. The van der Waals surface area contributed by atoms with E-state index in [1.807, 2.05) is 0 Å². The molecule has 0 radical (unpaired) electrons. The van der Waals surface area contributed by atoms with Gasteiger partial charge in [-0.15, -0.1) is 0 Å². The molecular formula is C40H24B2. The number of benzene rings is 8. The summed E-state index contributed by atoms with van der Waals surface area (Å²) in [5.74, 6) is 0. The molecule has 190 valence electrons. The molecule has 8 aromatic carbocycles. The summed E-state index contributed by atoms with van der Waals surface area (Å²) < 4.78 is 0. The first-order chi connectivity index (χ1) is 20.9. The third-order valence-electron chi connectivity index (χ3n) is 9.93. The molecule has 0 saturated carbocycles. The largest absolute Gasteiger partial charge is 0.242 e. The maximum Gasteiger partial charge on any atom is 0.242 e. The van der Waals surface area contributed by atoms with E-state index in [4.69, 9.17) is 0 Å². The fourth-order valence-electron chi connectivity index (χ4n) is 8.35. The van der Waals surface area contributed by atoms with Gasteiger partial charge in [0.25, 0.3) is 0 Å². The average Bonchev–Trinajstić information content (AvgIpc) is 3.56. The fourth-order valence-corrected chi connectivity index (χ4v) is 8.35. The highest BCUT2D eigenvalue weighted by Crippen LogP contribution is 2.43. The van der Waals surface area contributed by atoms with Crippen molar-refractivity contribution in [2.24, 2.45) is 0 Å². The van der Waals surface area contributed by atoms with Crippen molar-refractivity contribution in [3.05, 3.63) is 146 Å². The number of hydrogen-bond acceptors (Lipinski definition) is 0. The number of fused-ring (bicyclic) bond motifs is 8. The average molecular weight is 526 g/mol. The third-order valence-corrected chi connectivity index (χ3v) is 9.93. The van der Waals surface area contributed by atoms with E-state index >= 15 is 0 Å². The Morgan fingerprint density at radius 3 is 1.19 bits per heavy atom. The quantitative estimate of drug-likeness (QED) is 0.204. The van der Waals surface area contributed by atoms with Gasteiger partial charge in [-0.2, -0.15) is 0 Å². The van der Waals surface area contributed by atoms with Crippen LogP contribution in [0.15, 0.2) is 146 Å². The van der Waals surface area contributed by atoms with E-state index in [0.29, 0.717) is 0 Å². The molecule has 2 aliphatic rings. The fraction of sp³-hybridized carbons (Fsp3) is 0. The maximum atomic E-state index is 2.49. The van der Waals surface area contributed by atoms with Crippen molar-refractivity contribution in [2.75, 3.05) is 0 Å². The minimum atomic E-state index is 0.252. The van der Waals surface area contributed by atoms with Crippen molar-refractivity contribution in [1.82, 2.24) is 0 Å². The molecule has 0 unspecified atom stereocenters. The molecule has 42 heavy (non-hydrogen) atoms. The zero-order valence-corrected chi connectivity index (χ0v) is 23.0. The second kappa shape index (κ2) is 8.24. The van der Waals surface area contributed by atoms with E-state index in [1.165, 1.54) is 87.3 Å². The summed E-state index contributed by atoms with van der Waals surface area (Å²) in [6.07, 6.45) is 0. The van der Waals surface area contributed by atoms with Crippen LogP contribution in [0.4, 0.5) is 0 Å². The number of rotatable bonds is 2. The maximum absolute atomic E-state index is 2.49. The van der Waals surface area contributed by atoms with Crippen molar-refractivity contribution in [3.63, 3.8) is 0 Å². The lowest BCUT2D eigenvalue weighted by molar-refractivity contribution is 1.74. The van der Waals surface area contributed by atoms with E-state index < -0.39 is 0 Å². The summed E-state index contributed by atoms with van der Waals surface area (Å²) in [6, 6.07) is 54.7. The predicted molar refractivity (Wildman–Crippen MR) is 183 cm³/mol. The van der Waals surface area contributed by atoms with Gasteiger partial charge < -0.3 is 0 Å².